The molecule has 1 fully saturated rings. The molecule has 0 aromatic carbocycles. The predicted octanol–water partition coefficient (Wildman–Crippen LogP) is 2.60. The average Bonchev–Trinajstić information content (AvgIpc) is 2.33. The average molecular weight is 243 g/mol. The zero-order valence-corrected chi connectivity index (χ0v) is 11.5. The molecule has 0 radical (unpaired) electrons. The van der Waals surface area contributed by atoms with E-state index in [4.69, 9.17) is 9.47 Å². The Morgan fingerprint density at radius 3 is 2.82 bits per heavy atom. The minimum absolute atomic E-state index is 0.498. The molecule has 3 nitrogen and oxygen atoms in total. The lowest BCUT2D eigenvalue weighted by Crippen LogP contribution is -2.27. The lowest BCUT2D eigenvalue weighted by Gasteiger charge is -2.22. The first-order chi connectivity index (χ1) is 8.29. The van der Waals surface area contributed by atoms with Crippen LogP contribution >= 0.6 is 0 Å². The summed E-state index contributed by atoms with van der Waals surface area (Å²) in [4.78, 5) is 0. The van der Waals surface area contributed by atoms with Crippen molar-refractivity contribution >= 4 is 0 Å². The van der Waals surface area contributed by atoms with Gasteiger partial charge in [0.2, 0.25) is 0 Å². The molecule has 0 aliphatic carbocycles. The molecule has 0 aromatic rings. The number of rotatable bonds is 9. The van der Waals surface area contributed by atoms with Crippen LogP contribution in [0.5, 0.6) is 0 Å². The van der Waals surface area contributed by atoms with Gasteiger partial charge in [-0.3, -0.25) is 0 Å². The summed E-state index contributed by atoms with van der Waals surface area (Å²) in [5, 5.41) is 3.42. The van der Waals surface area contributed by atoms with E-state index in [0.29, 0.717) is 6.10 Å². The van der Waals surface area contributed by atoms with E-state index in [-0.39, 0.29) is 0 Å². The molecule has 0 bridgehead atoms. The van der Waals surface area contributed by atoms with E-state index in [0.717, 1.165) is 51.7 Å². The van der Waals surface area contributed by atoms with E-state index in [2.05, 4.69) is 19.2 Å². The van der Waals surface area contributed by atoms with Crippen LogP contribution in [0.15, 0.2) is 0 Å². The lowest BCUT2D eigenvalue weighted by atomic mass is 10.1. The van der Waals surface area contributed by atoms with E-state index >= 15 is 0 Å². The summed E-state index contributed by atoms with van der Waals surface area (Å²) in [5.74, 6) is 0.742. The van der Waals surface area contributed by atoms with Crippen LogP contribution in [0, 0.1) is 5.92 Å². The Morgan fingerprint density at radius 2 is 2.12 bits per heavy atom. The van der Waals surface area contributed by atoms with Gasteiger partial charge < -0.3 is 14.8 Å². The molecule has 0 amide bonds. The highest BCUT2D eigenvalue weighted by atomic mass is 16.5. The zero-order chi connectivity index (χ0) is 12.3. The Morgan fingerprint density at radius 1 is 1.24 bits per heavy atom. The van der Waals surface area contributed by atoms with Crippen LogP contribution in [0.25, 0.3) is 0 Å². The van der Waals surface area contributed by atoms with Gasteiger partial charge in [0.15, 0.2) is 0 Å². The molecular weight excluding hydrogens is 214 g/mol. The minimum atomic E-state index is 0.498. The van der Waals surface area contributed by atoms with Crippen molar-refractivity contribution in [2.45, 2.75) is 52.1 Å². The molecular formula is C14H29NO2. The summed E-state index contributed by atoms with van der Waals surface area (Å²) in [5.41, 5.74) is 0. The van der Waals surface area contributed by atoms with Gasteiger partial charge in [-0.25, -0.2) is 0 Å². The third kappa shape index (κ3) is 8.58. The SMILES string of the molecule is CC(C)CCOCCNCCC1CCCCO1. The van der Waals surface area contributed by atoms with Crippen LogP contribution < -0.4 is 5.32 Å². The summed E-state index contributed by atoms with van der Waals surface area (Å²) >= 11 is 0. The Balaban J connectivity index is 1.78. The van der Waals surface area contributed by atoms with Gasteiger partial charge in [-0.05, 0) is 44.6 Å². The highest BCUT2D eigenvalue weighted by Gasteiger charge is 2.12. The van der Waals surface area contributed by atoms with E-state index in [1.54, 1.807) is 0 Å². The van der Waals surface area contributed by atoms with Gasteiger partial charge in [-0.1, -0.05) is 13.8 Å². The minimum Gasteiger partial charge on any atom is -0.380 e. The van der Waals surface area contributed by atoms with E-state index in [9.17, 15) is 0 Å². The summed E-state index contributed by atoms with van der Waals surface area (Å²) in [7, 11) is 0. The molecule has 3 heteroatoms. The quantitative estimate of drug-likeness (QED) is 0.631. The largest absolute Gasteiger partial charge is 0.380 e. The molecule has 1 N–H and O–H groups in total. The molecule has 102 valence electrons. The summed E-state index contributed by atoms with van der Waals surface area (Å²) < 4.78 is 11.2. The fourth-order valence-corrected chi connectivity index (χ4v) is 1.99. The summed E-state index contributed by atoms with van der Waals surface area (Å²) in [6, 6.07) is 0. The van der Waals surface area contributed by atoms with Gasteiger partial charge in [-0.2, -0.15) is 0 Å². The van der Waals surface area contributed by atoms with Crippen LogP contribution in [-0.4, -0.2) is 39.0 Å². The molecule has 1 rings (SSSR count). The third-order valence-corrected chi connectivity index (χ3v) is 3.18. The zero-order valence-electron chi connectivity index (χ0n) is 11.5. The fraction of sp³-hybridized carbons (Fsp3) is 1.00. The Bertz CT molecular complexity index is 168. The molecule has 17 heavy (non-hydrogen) atoms. The van der Waals surface area contributed by atoms with Crippen molar-refractivity contribution in [3.05, 3.63) is 0 Å². The maximum absolute atomic E-state index is 5.68. The molecule has 1 heterocycles. The highest BCUT2D eigenvalue weighted by Crippen LogP contribution is 2.14. The Labute approximate surface area is 106 Å². The summed E-state index contributed by atoms with van der Waals surface area (Å²) in [6.07, 6.45) is 6.63. The second kappa shape index (κ2) is 9.86. The van der Waals surface area contributed by atoms with Gasteiger partial charge in [0.1, 0.15) is 0 Å². The molecule has 1 aliphatic heterocycles. The van der Waals surface area contributed by atoms with Gasteiger partial charge >= 0.3 is 0 Å². The maximum atomic E-state index is 5.68. The molecule has 0 aromatic heterocycles. The van der Waals surface area contributed by atoms with Crippen molar-refractivity contribution in [1.82, 2.24) is 5.32 Å². The predicted molar refractivity (Wildman–Crippen MR) is 71.4 cm³/mol. The van der Waals surface area contributed by atoms with Crippen molar-refractivity contribution in [2.75, 3.05) is 32.9 Å². The number of nitrogens with one attached hydrogen (secondary N) is 1. The normalized spacial score (nSPS) is 21.0. The lowest BCUT2D eigenvalue weighted by molar-refractivity contribution is 0.0112. The van der Waals surface area contributed by atoms with Crippen molar-refractivity contribution in [3.8, 4) is 0 Å². The summed E-state index contributed by atoms with van der Waals surface area (Å²) in [6.45, 7) is 9.16. The monoisotopic (exact) mass is 243 g/mol. The van der Waals surface area contributed by atoms with Gasteiger partial charge in [0.25, 0.3) is 0 Å². The molecule has 1 unspecified atom stereocenters. The van der Waals surface area contributed by atoms with Crippen molar-refractivity contribution < 1.29 is 9.47 Å². The van der Waals surface area contributed by atoms with E-state index in [1.165, 1.54) is 19.3 Å². The van der Waals surface area contributed by atoms with E-state index < -0.39 is 0 Å². The molecule has 1 atom stereocenters. The van der Waals surface area contributed by atoms with E-state index in [1.807, 2.05) is 0 Å². The van der Waals surface area contributed by atoms with Crippen LogP contribution in [0.4, 0.5) is 0 Å². The number of hydrogen-bond donors (Lipinski definition) is 1. The fourth-order valence-electron chi connectivity index (χ4n) is 1.99. The second-order valence-corrected chi connectivity index (χ2v) is 5.32. The molecule has 0 saturated carbocycles. The first-order valence-electron chi connectivity index (χ1n) is 7.19. The maximum Gasteiger partial charge on any atom is 0.0590 e. The Hall–Kier alpha value is -0.120. The molecule has 1 aliphatic rings. The van der Waals surface area contributed by atoms with Crippen molar-refractivity contribution in [3.63, 3.8) is 0 Å². The third-order valence-electron chi connectivity index (χ3n) is 3.18. The van der Waals surface area contributed by atoms with Crippen LogP contribution in [0.2, 0.25) is 0 Å². The van der Waals surface area contributed by atoms with Crippen LogP contribution in [0.1, 0.15) is 46.0 Å². The van der Waals surface area contributed by atoms with Gasteiger partial charge in [0, 0.05) is 19.8 Å². The first-order valence-corrected chi connectivity index (χ1v) is 7.19. The molecule has 0 spiro atoms. The first kappa shape index (κ1) is 14.9. The van der Waals surface area contributed by atoms with Crippen LogP contribution in [0.3, 0.4) is 0 Å². The number of hydrogen-bond acceptors (Lipinski definition) is 3. The van der Waals surface area contributed by atoms with Crippen molar-refractivity contribution in [2.24, 2.45) is 5.92 Å². The van der Waals surface area contributed by atoms with Gasteiger partial charge in [-0.15, -0.1) is 0 Å². The number of ether oxygens (including phenoxy) is 2. The van der Waals surface area contributed by atoms with Gasteiger partial charge in [0.05, 0.1) is 12.7 Å². The van der Waals surface area contributed by atoms with Crippen molar-refractivity contribution in [1.29, 1.82) is 0 Å². The Kier molecular flexibility index (Phi) is 8.67. The van der Waals surface area contributed by atoms with Crippen LogP contribution in [-0.2, 0) is 9.47 Å². The standard InChI is InChI=1S/C14H29NO2/c1-13(2)7-11-16-12-9-15-8-6-14-5-3-4-10-17-14/h13-15H,3-12H2,1-2H3. The molecule has 1 saturated heterocycles. The highest BCUT2D eigenvalue weighted by molar-refractivity contribution is 4.64. The second-order valence-electron chi connectivity index (χ2n) is 5.32. The topological polar surface area (TPSA) is 30.5 Å². The smallest absolute Gasteiger partial charge is 0.0590 e.